The maximum Gasteiger partial charge on any atom is 0.325 e. The van der Waals surface area contributed by atoms with Gasteiger partial charge in [0.1, 0.15) is 5.54 Å². The summed E-state index contributed by atoms with van der Waals surface area (Å²) in [4.78, 5) is 24.9. The fraction of sp³-hybridized carbons (Fsp3) is 0.833. The summed E-state index contributed by atoms with van der Waals surface area (Å²) in [5.74, 6) is -0.126. The van der Waals surface area contributed by atoms with Gasteiger partial charge in [0.05, 0.1) is 33.7 Å². The molecule has 0 unspecified atom stereocenters. The van der Waals surface area contributed by atoms with Gasteiger partial charge in [0.25, 0.3) is 5.91 Å². The lowest BCUT2D eigenvalue weighted by Gasteiger charge is -2.30. The van der Waals surface area contributed by atoms with Crippen molar-refractivity contribution in [3.63, 3.8) is 0 Å². The molecule has 17 heavy (non-hydrogen) atoms. The minimum absolute atomic E-state index is 0.126. The Morgan fingerprint density at radius 3 is 2.24 bits per heavy atom. The van der Waals surface area contributed by atoms with Gasteiger partial charge in [-0.1, -0.05) is 6.92 Å². The van der Waals surface area contributed by atoms with Gasteiger partial charge in [-0.15, -0.1) is 0 Å². The average Bonchev–Trinajstić information content (AvgIpc) is 2.34. The molecular weight excluding hydrogens is 218 g/mol. The third kappa shape index (κ3) is 3.19. The zero-order valence-corrected chi connectivity index (χ0v) is 11.5. The van der Waals surface area contributed by atoms with E-state index < -0.39 is 5.54 Å². The van der Waals surface area contributed by atoms with E-state index in [0.29, 0.717) is 6.54 Å². The molecule has 1 rings (SSSR count). The highest BCUT2D eigenvalue weighted by atomic mass is 16.2. The summed E-state index contributed by atoms with van der Waals surface area (Å²) in [6.45, 7) is 7.94. The third-order valence-corrected chi connectivity index (χ3v) is 3.20. The second-order valence-electron chi connectivity index (χ2n) is 5.89. The minimum atomic E-state index is -0.751. The predicted molar refractivity (Wildman–Crippen MR) is 66.5 cm³/mol. The van der Waals surface area contributed by atoms with Gasteiger partial charge in [0.2, 0.25) is 0 Å². The molecule has 0 atom stereocenters. The Labute approximate surface area is 103 Å². The summed E-state index contributed by atoms with van der Waals surface area (Å²) in [5, 5.41) is 2.69. The first-order valence-corrected chi connectivity index (χ1v) is 6.16. The lowest BCUT2D eigenvalue weighted by atomic mass is 10.1. The fourth-order valence-corrected chi connectivity index (χ4v) is 2.11. The molecule has 5 heteroatoms. The summed E-state index contributed by atoms with van der Waals surface area (Å²) in [5.41, 5.74) is -0.751. The van der Waals surface area contributed by atoms with Gasteiger partial charge in [0, 0.05) is 0 Å². The van der Waals surface area contributed by atoms with E-state index in [4.69, 9.17) is 0 Å². The van der Waals surface area contributed by atoms with Crippen LogP contribution in [0.2, 0.25) is 0 Å². The summed E-state index contributed by atoms with van der Waals surface area (Å²) in [6.07, 6.45) is 1.10. The molecule has 0 aromatic heterocycles. The van der Waals surface area contributed by atoms with Gasteiger partial charge in [-0.05, 0) is 20.3 Å². The van der Waals surface area contributed by atoms with Crippen molar-refractivity contribution in [3.05, 3.63) is 0 Å². The van der Waals surface area contributed by atoms with Crippen molar-refractivity contribution < 1.29 is 14.1 Å². The molecule has 0 saturated carbocycles. The van der Waals surface area contributed by atoms with Gasteiger partial charge in [0.15, 0.2) is 0 Å². The number of urea groups is 1. The highest BCUT2D eigenvalue weighted by Gasteiger charge is 2.44. The number of hydrogen-bond acceptors (Lipinski definition) is 2. The van der Waals surface area contributed by atoms with Gasteiger partial charge >= 0.3 is 6.03 Å². The van der Waals surface area contributed by atoms with E-state index in [9.17, 15) is 9.59 Å². The Bertz CT molecular complexity index is 324. The van der Waals surface area contributed by atoms with Gasteiger partial charge in [-0.3, -0.25) is 9.69 Å². The number of hydrogen-bond donors (Lipinski definition) is 1. The second-order valence-corrected chi connectivity index (χ2v) is 5.89. The number of amides is 3. The Morgan fingerprint density at radius 2 is 1.82 bits per heavy atom. The lowest BCUT2D eigenvalue weighted by Crippen LogP contribution is -2.47. The molecule has 1 N–H and O–H groups in total. The zero-order valence-electron chi connectivity index (χ0n) is 11.5. The Hall–Kier alpha value is -1.10. The van der Waals surface area contributed by atoms with E-state index in [1.807, 2.05) is 0 Å². The molecule has 0 aromatic carbocycles. The molecule has 3 amide bonds. The number of rotatable bonds is 5. The molecule has 0 aliphatic carbocycles. The fourth-order valence-electron chi connectivity index (χ4n) is 2.11. The van der Waals surface area contributed by atoms with Crippen LogP contribution in [-0.4, -0.2) is 60.6 Å². The topological polar surface area (TPSA) is 49.4 Å². The van der Waals surface area contributed by atoms with Crippen molar-refractivity contribution in [2.45, 2.75) is 32.7 Å². The minimum Gasteiger partial charge on any atom is -0.327 e. The largest absolute Gasteiger partial charge is 0.327 e. The molecule has 1 heterocycles. The van der Waals surface area contributed by atoms with Crippen LogP contribution in [0, 0.1) is 0 Å². The number of nitrogens with one attached hydrogen (secondary N) is 1. The summed E-state index contributed by atoms with van der Waals surface area (Å²) >= 11 is 0. The first kappa shape index (κ1) is 14.0. The van der Waals surface area contributed by atoms with Crippen LogP contribution < -0.4 is 5.32 Å². The van der Waals surface area contributed by atoms with Crippen LogP contribution in [0.15, 0.2) is 0 Å². The first-order valence-electron chi connectivity index (χ1n) is 6.16. The normalized spacial score (nSPS) is 19.7. The molecule has 98 valence electrons. The molecule has 5 nitrogen and oxygen atoms in total. The van der Waals surface area contributed by atoms with Crippen LogP contribution in [0.3, 0.4) is 0 Å². The molecule has 0 spiro atoms. The molecular formula is C12H24N3O2+. The summed E-state index contributed by atoms with van der Waals surface area (Å²) in [7, 11) is 4.24. The third-order valence-electron chi connectivity index (χ3n) is 3.20. The number of carbonyl (C=O) groups is 2. The van der Waals surface area contributed by atoms with Crippen LogP contribution in [-0.2, 0) is 4.79 Å². The number of quaternary nitrogens is 1. The van der Waals surface area contributed by atoms with Crippen molar-refractivity contribution in [2.75, 3.05) is 33.7 Å². The van der Waals surface area contributed by atoms with E-state index in [-0.39, 0.29) is 11.9 Å². The van der Waals surface area contributed by atoms with E-state index in [1.54, 1.807) is 13.8 Å². The highest BCUT2D eigenvalue weighted by Crippen LogP contribution is 2.16. The number of imide groups is 1. The van der Waals surface area contributed by atoms with Crippen LogP contribution in [0.5, 0.6) is 0 Å². The maximum atomic E-state index is 11.9. The van der Waals surface area contributed by atoms with Crippen LogP contribution in [0.4, 0.5) is 4.79 Å². The number of carbonyl (C=O) groups excluding carboxylic acids is 2. The van der Waals surface area contributed by atoms with Gasteiger partial charge in [-0.25, -0.2) is 4.79 Å². The number of nitrogens with zero attached hydrogens (tertiary/aromatic N) is 2. The predicted octanol–water partition coefficient (Wildman–Crippen LogP) is 0.803. The molecule has 0 bridgehead atoms. The van der Waals surface area contributed by atoms with Crippen molar-refractivity contribution in [1.29, 1.82) is 0 Å². The molecule has 1 saturated heterocycles. The second kappa shape index (κ2) is 4.64. The zero-order chi connectivity index (χ0) is 13.3. The lowest BCUT2D eigenvalue weighted by molar-refractivity contribution is -0.889. The van der Waals surface area contributed by atoms with Crippen molar-refractivity contribution in [3.8, 4) is 0 Å². The van der Waals surface area contributed by atoms with E-state index in [0.717, 1.165) is 24.0 Å². The van der Waals surface area contributed by atoms with Crippen molar-refractivity contribution >= 4 is 11.9 Å². The quantitative estimate of drug-likeness (QED) is 0.573. The van der Waals surface area contributed by atoms with Gasteiger partial charge < -0.3 is 9.80 Å². The Balaban J connectivity index is 2.59. The van der Waals surface area contributed by atoms with Crippen LogP contribution in [0.25, 0.3) is 0 Å². The monoisotopic (exact) mass is 242 g/mol. The van der Waals surface area contributed by atoms with Crippen LogP contribution >= 0.6 is 0 Å². The summed E-state index contributed by atoms with van der Waals surface area (Å²) in [6, 6.07) is -0.267. The molecule has 1 fully saturated rings. The Kier molecular flexibility index (Phi) is 3.81. The van der Waals surface area contributed by atoms with Gasteiger partial charge in [-0.2, -0.15) is 0 Å². The molecule has 0 aromatic rings. The average molecular weight is 242 g/mol. The molecule has 0 radical (unpaired) electrons. The number of likely N-dealkylation sites (N-methyl/N-ethyl adjacent to an activating group) is 1. The molecule has 1 aliphatic heterocycles. The Morgan fingerprint density at radius 1 is 1.24 bits per heavy atom. The smallest absolute Gasteiger partial charge is 0.325 e. The van der Waals surface area contributed by atoms with Crippen molar-refractivity contribution in [1.82, 2.24) is 10.2 Å². The molecule has 1 aliphatic rings. The first-order chi connectivity index (χ1) is 7.69. The van der Waals surface area contributed by atoms with E-state index >= 15 is 0 Å². The standard InChI is InChI=1S/C12H23N3O2/c1-6-8-15(4,5)9-7-14-10(16)12(2,3)13-11(14)17/h6-9H2,1-5H3/p+1. The summed E-state index contributed by atoms with van der Waals surface area (Å²) < 4.78 is 0.827. The highest BCUT2D eigenvalue weighted by molar-refractivity contribution is 6.06. The maximum absolute atomic E-state index is 11.9. The SMILES string of the molecule is CCC[N+](C)(C)CCN1C(=O)NC(C)(C)C1=O. The van der Waals surface area contributed by atoms with Crippen molar-refractivity contribution in [2.24, 2.45) is 0 Å². The van der Waals surface area contributed by atoms with Crippen LogP contribution in [0.1, 0.15) is 27.2 Å². The van der Waals surface area contributed by atoms with E-state index in [2.05, 4.69) is 26.3 Å². The van der Waals surface area contributed by atoms with E-state index in [1.165, 1.54) is 4.90 Å².